The Morgan fingerprint density at radius 3 is 1.65 bits per heavy atom. The maximum absolute atomic E-state index is 2.59. The lowest BCUT2D eigenvalue weighted by Gasteiger charge is -2.24. The Kier molecular flexibility index (Phi) is 16.5. The molecule has 0 bridgehead atoms. The highest BCUT2D eigenvalue weighted by Gasteiger charge is 2.20. The van der Waals surface area contributed by atoms with Crippen LogP contribution in [0.15, 0.2) is 0 Å². The van der Waals surface area contributed by atoms with Crippen LogP contribution < -0.4 is 0 Å². The molecule has 0 spiro atoms. The van der Waals surface area contributed by atoms with Crippen LogP contribution in [0, 0.1) is 5.92 Å². The van der Waals surface area contributed by atoms with Gasteiger partial charge < -0.3 is 0 Å². The maximum atomic E-state index is 2.59. The zero-order valence-corrected chi connectivity index (χ0v) is 18.9. The van der Waals surface area contributed by atoms with Crippen molar-refractivity contribution in [3.63, 3.8) is 0 Å². The fourth-order valence-corrected chi connectivity index (χ4v) is 8.20. The van der Waals surface area contributed by atoms with E-state index in [0.717, 1.165) is 5.92 Å². The van der Waals surface area contributed by atoms with Gasteiger partial charge in [0.1, 0.15) is 0 Å². The van der Waals surface area contributed by atoms with Gasteiger partial charge in [0.15, 0.2) is 0 Å². The van der Waals surface area contributed by atoms with Crippen LogP contribution in [0.4, 0.5) is 0 Å². The molecule has 2 heteroatoms. The minimum atomic E-state index is -0.871. The van der Waals surface area contributed by atoms with Gasteiger partial charge in [0.25, 0.3) is 0 Å². The third-order valence-corrected chi connectivity index (χ3v) is 9.60. The third kappa shape index (κ3) is 18.7. The second-order valence-electron chi connectivity index (χ2n) is 8.66. The maximum Gasteiger partial charge on any atom is 0.0476 e. The molecule has 140 valence electrons. The van der Waals surface area contributed by atoms with Crippen LogP contribution in [0.3, 0.4) is 0 Å². The molecule has 0 N–H and O–H groups in total. The molecule has 0 amide bonds. The summed E-state index contributed by atoms with van der Waals surface area (Å²) in [6.45, 7) is 12.2. The number of thioether (sulfide) groups is 1. The molecular weight excluding hydrogens is 312 g/mol. The molecule has 0 saturated heterocycles. The van der Waals surface area contributed by atoms with E-state index >= 15 is 0 Å². The van der Waals surface area contributed by atoms with Crippen molar-refractivity contribution >= 4 is 19.8 Å². The lowest BCUT2D eigenvalue weighted by atomic mass is 10.1. The van der Waals surface area contributed by atoms with Gasteiger partial charge in [-0.15, -0.1) is 0 Å². The van der Waals surface area contributed by atoms with Crippen LogP contribution in [-0.2, 0) is 0 Å². The fourth-order valence-electron chi connectivity index (χ4n) is 3.68. The predicted octanol–water partition coefficient (Wildman–Crippen LogP) is 8.40. The van der Waals surface area contributed by atoms with E-state index in [1.165, 1.54) is 88.2 Å². The zero-order chi connectivity index (χ0) is 17.4. The number of unbranched alkanes of at least 4 members (excludes halogenated alkanes) is 9. The number of hydrogen-bond acceptors (Lipinski definition) is 1. The van der Waals surface area contributed by atoms with Crippen LogP contribution in [0.1, 0.15) is 91.4 Å². The molecule has 23 heavy (non-hydrogen) atoms. The topological polar surface area (TPSA) is 0 Å². The minimum Gasteiger partial charge on any atom is -0.162 e. The molecular formula is C21H46SSi. The smallest absolute Gasteiger partial charge is 0.0476 e. The first-order valence-electron chi connectivity index (χ1n) is 10.6. The van der Waals surface area contributed by atoms with Gasteiger partial charge in [0.2, 0.25) is 0 Å². The van der Waals surface area contributed by atoms with Crippen molar-refractivity contribution in [1.29, 1.82) is 0 Å². The predicted molar refractivity (Wildman–Crippen MR) is 116 cm³/mol. The Hall–Kier alpha value is 0.567. The molecule has 0 heterocycles. The molecule has 0 unspecified atom stereocenters. The van der Waals surface area contributed by atoms with Crippen molar-refractivity contribution in [3.05, 3.63) is 0 Å². The standard InChI is InChI=1S/C21H46SSi/c1-6-17-22-18-15-13-11-9-7-8-10-12-14-16-19-23(4,5)20-21(2)3/h21H,6-20H2,1-5H3. The Morgan fingerprint density at radius 1 is 0.696 bits per heavy atom. The molecule has 0 aromatic carbocycles. The monoisotopic (exact) mass is 358 g/mol. The molecule has 0 aliphatic rings. The molecule has 0 atom stereocenters. The summed E-state index contributed by atoms with van der Waals surface area (Å²) >= 11 is 2.14. The van der Waals surface area contributed by atoms with E-state index in [-0.39, 0.29) is 0 Å². The Balaban J connectivity index is 3.19. The van der Waals surface area contributed by atoms with Crippen molar-refractivity contribution in [2.45, 2.75) is 117 Å². The summed E-state index contributed by atoms with van der Waals surface area (Å²) in [6.07, 6.45) is 16.1. The van der Waals surface area contributed by atoms with Gasteiger partial charge in [-0.2, -0.15) is 11.8 Å². The van der Waals surface area contributed by atoms with E-state index in [1.54, 1.807) is 6.04 Å². The van der Waals surface area contributed by atoms with Crippen molar-refractivity contribution < 1.29 is 0 Å². The van der Waals surface area contributed by atoms with Gasteiger partial charge in [0.05, 0.1) is 0 Å². The molecule has 0 fully saturated rings. The summed E-state index contributed by atoms with van der Waals surface area (Å²) < 4.78 is 0. The van der Waals surface area contributed by atoms with Crippen LogP contribution in [0.25, 0.3) is 0 Å². The molecule has 0 aromatic rings. The van der Waals surface area contributed by atoms with E-state index < -0.39 is 8.07 Å². The number of hydrogen-bond donors (Lipinski definition) is 0. The van der Waals surface area contributed by atoms with Gasteiger partial charge in [0, 0.05) is 8.07 Å². The van der Waals surface area contributed by atoms with E-state index in [4.69, 9.17) is 0 Å². The largest absolute Gasteiger partial charge is 0.162 e. The molecule has 0 radical (unpaired) electrons. The van der Waals surface area contributed by atoms with Gasteiger partial charge >= 0.3 is 0 Å². The van der Waals surface area contributed by atoms with Crippen LogP contribution in [0.5, 0.6) is 0 Å². The second-order valence-corrected chi connectivity index (χ2v) is 15.1. The molecule has 0 aliphatic carbocycles. The molecule has 0 aromatic heterocycles. The Bertz CT molecular complexity index is 238. The summed E-state index contributed by atoms with van der Waals surface area (Å²) in [5.41, 5.74) is 0. The number of rotatable bonds is 17. The molecule has 0 saturated carbocycles. The van der Waals surface area contributed by atoms with E-state index in [0.29, 0.717) is 0 Å². The van der Waals surface area contributed by atoms with Crippen molar-refractivity contribution in [3.8, 4) is 0 Å². The summed E-state index contributed by atoms with van der Waals surface area (Å²) in [7, 11) is -0.871. The normalized spacial score (nSPS) is 12.3. The average molecular weight is 359 g/mol. The highest BCUT2D eigenvalue weighted by molar-refractivity contribution is 7.99. The van der Waals surface area contributed by atoms with E-state index in [1.807, 2.05) is 0 Å². The van der Waals surface area contributed by atoms with Gasteiger partial charge in [-0.3, -0.25) is 0 Å². The molecule has 0 nitrogen and oxygen atoms in total. The van der Waals surface area contributed by atoms with Gasteiger partial charge in [-0.25, -0.2) is 0 Å². The average Bonchev–Trinajstić information content (AvgIpc) is 2.46. The molecule has 0 aliphatic heterocycles. The lowest BCUT2D eigenvalue weighted by Crippen LogP contribution is -2.26. The summed E-state index contributed by atoms with van der Waals surface area (Å²) in [5.74, 6) is 3.66. The lowest BCUT2D eigenvalue weighted by molar-refractivity contribution is 0.562. The second kappa shape index (κ2) is 16.1. The summed E-state index contributed by atoms with van der Waals surface area (Å²) in [6, 6.07) is 3.07. The molecule has 0 rings (SSSR count). The van der Waals surface area contributed by atoms with Crippen LogP contribution in [-0.4, -0.2) is 19.6 Å². The Morgan fingerprint density at radius 2 is 1.17 bits per heavy atom. The highest BCUT2D eigenvalue weighted by atomic mass is 32.2. The third-order valence-electron chi connectivity index (χ3n) is 4.70. The summed E-state index contributed by atoms with van der Waals surface area (Å²) in [5, 5.41) is 0. The zero-order valence-electron chi connectivity index (χ0n) is 17.1. The first-order valence-corrected chi connectivity index (χ1v) is 15.1. The quantitative estimate of drug-likeness (QED) is 0.186. The SMILES string of the molecule is CCCSCCCCCCCCCCCC[Si](C)(C)CC(C)C. The Labute approximate surface area is 154 Å². The first kappa shape index (κ1) is 23.6. The van der Waals surface area contributed by atoms with Gasteiger partial charge in [-0.1, -0.05) is 104 Å². The van der Waals surface area contributed by atoms with Crippen LogP contribution in [0.2, 0.25) is 25.2 Å². The van der Waals surface area contributed by atoms with Crippen molar-refractivity contribution in [1.82, 2.24) is 0 Å². The van der Waals surface area contributed by atoms with E-state index in [9.17, 15) is 0 Å². The first-order chi connectivity index (χ1) is 11.0. The highest BCUT2D eigenvalue weighted by Crippen LogP contribution is 2.24. The summed E-state index contributed by atoms with van der Waals surface area (Å²) in [4.78, 5) is 0. The fraction of sp³-hybridized carbons (Fsp3) is 1.00. The van der Waals surface area contributed by atoms with Gasteiger partial charge in [-0.05, 0) is 30.3 Å². The van der Waals surface area contributed by atoms with Crippen molar-refractivity contribution in [2.24, 2.45) is 5.92 Å². The minimum absolute atomic E-state index is 0.871. The van der Waals surface area contributed by atoms with E-state index in [2.05, 4.69) is 45.6 Å². The van der Waals surface area contributed by atoms with Crippen LogP contribution >= 0.6 is 11.8 Å². The van der Waals surface area contributed by atoms with Crippen molar-refractivity contribution in [2.75, 3.05) is 11.5 Å².